The van der Waals surface area contributed by atoms with Crippen molar-refractivity contribution in [2.75, 3.05) is 18.4 Å². The molecule has 43 heavy (non-hydrogen) atoms. The van der Waals surface area contributed by atoms with Crippen LogP contribution < -0.4 is 16.0 Å². The number of carbonyl (C=O) groups is 5. The molecular formula is C32H32N4O7. The Morgan fingerprint density at radius 1 is 0.791 bits per heavy atom. The van der Waals surface area contributed by atoms with Crippen molar-refractivity contribution in [1.29, 1.82) is 0 Å². The van der Waals surface area contributed by atoms with Gasteiger partial charge in [0.05, 0.1) is 28.2 Å². The first-order chi connectivity index (χ1) is 20.3. The number of fused-ring (bicyclic) bond motifs is 1. The number of rotatable bonds is 10. The van der Waals surface area contributed by atoms with E-state index in [1.165, 1.54) is 0 Å². The Labute approximate surface area is 247 Å². The molecule has 11 nitrogen and oxygen atoms in total. The van der Waals surface area contributed by atoms with Gasteiger partial charge in [-0.05, 0) is 47.4 Å². The highest BCUT2D eigenvalue weighted by Gasteiger charge is 2.25. The minimum absolute atomic E-state index is 0.0229. The molecule has 222 valence electrons. The molecule has 0 saturated carbocycles. The monoisotopic (exact) mass is 584 g/mol. The number of benzene rings is 3. The summed E-state index contributed by atoms with van der Waals surface area (Å²) in [4.78, 5) is 66.3. The first-order valence-corrected chi connectivity index (χ1v) is 13.5. The summed E-state index contributed by atoms with van der Waals surface area (Å²) in [5, 5.41) is 27.7. The lowest BCUT2D eigenvalue weighted by Gasteiger charge is -2.20. The Hall–Kier alpha value is -5.45. The molecule has 0 aliphatic heterocycles. The molecular weight excluding hydrogens is 552 g/mol. The fourth-order valence-corrected chi connectivity index (χ4v) is 4.43. The van der Waals surface area contributed by atoms with E-state index in [4.69, 9.17) is 0 Å². The van der Waals surface area contributed by atoms with Gasteiger partial charge in [-0.1, -0.05) is 51.1 Å². The Morgan fingerprint density at radius 2 is 1.40 bits per heavy atom. The first kappa shape index (κ1) is 30.5. The van der Waals surface area contributed by atoms with Crippen molar-refractivity contribution in [3.63, 3.8) is 0 Å². The third-order valence-electron chi connectivity index (χ3n) is 6.64. The van der Waals surface area contributed by atoms with Gasteiger partial charge in [0.25, 0.3) is 11.8 Å². The molecule has 1 atom stereocenters. The zero-order chi connectivity index (χ0) is 31.3. The highest BCUT2D eigenvalue weighted by Crippen LogP contribution is 2.23. The second-order valence-corrected chi connectivity index (χ2v) is 11.3. The summed E-state index contributed by atoms with van der Waals surface area (Å²) >= 11 is 0. The quantitative estimate of drug-likeness (QED) is 0.159. The number of hydrogen-bond acceptors (Lipinski definition) is 5. The fraction of sp³-hybridized carbons (Fsp3) is 0.219. The summed E-state index contributed by atoms with van der Waals surface area (Å²) in [5.41, 5.74) is 0.718. The molecule has 0 aliphatic rings. The van der Waals surface area contributed by atoms with Crippen LogP contribution in [0.5, 0.6) is 0 Å². The number of carbonyl (C=O) groups excluding carboxylic acids is 3. The third-order valence-corrected chi connectivity index (χ3v) is 6.64. The van der Waals surface area contributed by atoms with E-state index >= 15 is 0 Å². The number of amides is 3. The lowest BCUT2D eigenvalue weighted by molar-refractivity contribution is -0.117. The number of hydrogen-bond donors (Lipinski definition) is 6. The molecule has 0 bridgehead atoms. The van der Waals surface area contributed by atoms with Crippen molar-refractivity contribution in [3.05, 3.63) is 101 Å². The van der Waals surface area contributed by atoms with Crippen molar-refractivity contribution in [3.8, 4) is 0 Å². The van der Waals surface area contributed by atoms with Gasteiger partial charge in [-0.25, -0.2) is 9.59 Å². The summed E-state index contributed by atoms with van der Waals surface area (Å²) in [6.07, 6.45) is 1.70. The molecule has 11 heteroatoms. The Balaban J connectivity index is 1.61. The third kappa shape index (κ3) is 7.64. The second kappa shape index (κ2) is 12.6. The number of anilines is 1. The van der Waals surface area contributed by atoms with Gasteiger partial charge < -0.3 is 31.1 Å². The van der Waals surface area contributed by atoms with Crippen molar-refractivity contribution in [2.45, 2.75) is 26.7 Å². The van der Waals surface area contributed by atoms with Gasteiger partial charge in [0.1, 0.15) is 0 Å². The number of aromatic amines is 1. The van der Waals surface area contributed by atoms with Gasteiger partial charge in [-0.2, -0.15) is 0 Å². The SMILES string of the molecule is CC(C)(C)CNC(=O)c1cc2[nH]ccc2cc1C(=O)NCC(C(=O)Nc1cc(C(=O)O)cc(C(=O)O)c1)c1ccccc1. The highest BCUT2D eigenvalue weighted by atomic mass is 16.4. The Bertz CT molecular complexity index is 1670. The predicted octanol–water partition coefficient (Wildman–Crippen LogP) is 4.49. The first-order valence-electron chi connectivity index (χ1n) is 13.5. The number of H-pyrrole nitrogens is 1. The molecule has 6 N–H and O–H groups in total. The molecule has 1 heterocycles. The number of carboxylic acid groups (broad SMARTS) is 2. The summed E-state index contributed by atoms with van der Waals surface area (Å²) < 4.78 is 0. The molecule has 4 aromatic rings. The number of aromatic nitrogens is 1. The number of nitrogens with one attached hydrogen (secondary N) is 4. The normalized spacial score (nSPS) is 11.9. The summed E-state index contributed by atoms with van der Waals surface area (Å²) in [6.45, 7) is 6.14. The second-order valence-electron chi connectivity index (χ2n) is 11.3. The highest BCUT2D eigenvalue weighted by molar-refractivity contribution is 6.10. The van der Waals surface area contributed by atoms with Crippen molar-refractivity contribution in [2.24, 2.45) is 5.41 Å². The maximum Gasteiger partial charge on any atom is 0.335 e. The van der Waals surface area contributed by atoms with Crippen LogP contribution in [-0.4, -0.2) is 57.9 Å². The minimum atomic E-state index is -1.35. The van der Waals surface area contributed by atoms with E-state index in [0.29, 0.717) is 17.6 Å². The van der Waals surface area contributed by atoms with Crippen LogP contribution >= 0.6 is 0 Å². The molecule has 1 unspecified atom stereocenters. The Kier molecular flexibility index (Phi) is 8.94. The zero-order valence-corrected chi connectivity index (χ0v) is 23.9. The Morgan fingerprint density at radius 3 is 2.00 bits per heavy atom. The largest absolute Gasteiger partial charge is 0.478 e. The van der Waals surface area contributed by atoms with Gasteiger partial charge in [-0.3, -0.25) is 14.4 Å². The van der Waals surface area contributed by atoms with Crippen LogP contribution in [0.15, 0.2) is 72.9 Å². The van der Waals surface area contributed by atoms with Crippen molar-refractivity contribution >= 4 is 46.3 Å². The van der Waals surface area contributed by atoms with Gasteiger partial charge in [0.2, 0.25) is 5.91 Å². The van der Waals surface area contributed by atoms with Crippen LogP contribution in [0.25, 0.3) is 10.9 Å². The lowest BCUT2D eigenvalue weighted by atomic mass is 9.96. The molecule has 0 fully saturated rings. The van der Waals surface area contributed by atoms with Crippen LogP contribution in [-0.2, 0) is 4.79 Å². The molecule has 0 spiro atoms. The molecule has 3 aromatic carbocycles. The summed E-state index contributed by atoms with van der Waals surface area (Å²) in [5.74, 6) is -5.24. The summed E-state index contributed by atoms with van der Waals surface area (Å²) in [7, 11) is 0. The average molecular weight is 585 g/mol. The van der Waals surface area contributed by atoms with E-state index in [9.17, 15) is 34.2 Å². The van der Waals surface area contributed by atoms with E-state index in [1.54, 1.807) is 54.7 Å². The molecule has 0 aliphatic carbocycles. The van der Waals surface area contributed by atoms with E-state index in [-0.39, 0.29) is 39.9 Å². The predicted molar refractivity (Wildman–Crippen MR) is 161 cm³/mol. The summed E-state index contributed by atoms with van der Waals surface area (Å²) in [6, 6.07) is 16.9. The van der Waals surface area contributed by atoms with Gasteiger partial charge in [0.15, 0.2) is 0 Å². The topological polar surface area (TPSA) is 178 Å². The average Bonchev–Trinajstić information content (AvgIpc) is 3.43. The zero-order valence-electron chi connectivity index (χ0n) is 23.9. The maximum absolute atomic E-state index is 13.5. The van der Waals surface area contributed by atoms with E-state index < -0.39 is 35.6 Å². The minimum Gasteiger partial charge on any atom is -0.478 e. The number of aromatic carboxylic acids is 2. The van der Waals surface area contributed by atoms with Crippen molar-refractivity contribution < 1.29 is 34.2 Å². The van der Waals surface area contributed by atoms with Crippen LogP contribution in [0.3, 0.4) is 0 Å². The van der Waals surface area contributed by atoms with Crippen LogP contribution in [0.4, 0.5) is 5.69 Å². The fourth-order valence-electron chi connectivity index (χ4n) is 4.43. The number of carboxylic acids is 2. The molecule has 1 aromatic heterocycles. The van der Waals surface area contributed by atoms with E-state index in [2.05, 4.69) is 20.9 Å². The molecule has 3 amide bonds. The maximum atomic E-state index is 13.5. The van der Waals surface area contributed by atoms with Crippen molar-refractivity contribution in [1.82, 2.24) is 15.6 Å². The van der Waals surface area contributed by atoms with Gasteiger partial charge in [0, 0.05) is 35.9 Å². The van der Waals surface area contributed by atoms with E-state index in [0.717, 1.165) is 23.6 Å². The van der Waals surface area contributed by atoms with Crippen LogP contribution in [0.2, 0.25) is 0 Å². The van der Waals surface area contributed by atoms with Gasteiger partial charge >= 0.3 is 11.9 Å². The molecule has 4 rings (SSSR count). The standard InChI is InChI=1S/C32H32N4O7/c1-32(2,3)17-35-28(38)24-15-26-19(9-10-33-26)14-23(24)27(37)34-16-25(18-7-5-4-6-8-18)29(39)36-22-12-20(30(40)41)11-21(13-22)31(42)43/h4-15,25,33H,16-17H2,1-3H3,(H,34,37)(H,35,38)(H,36,39)(H,40,41)(H,42,43). The van der Waals surface area contributed by atoms with E-state index in [1.807, 2.05) is 20.8 Å². The van der Waals surface area contributed by atoms with Crippen LogP contribution in [0.1, 0.15) is 73.7 Å². The van der Waals surface area contributed by atoms with Crippen LogP contribution in [0, 0.1) is 5.41 Å². The smallest absolute Gasteiger partial charge is 0.335 e. The molecule has 0 saturated heterocycles. The molecule has 0 radical (unpaired) electrons. The van der Waals surface area contributed by atoms with Gasteiger partial charge in [-0.15, -0.1) is 0 Å². The lowest BCUT2D eigenvalue weighted by Crippen LogP contribution is -2.36.